The van der Waals surface area contributed by atoms with Crippen LogP contribution in [0.3, 0.4) is 0 Å². The van der Waals surface area contributed by atoms with Gasteiger partial charge in [-0.05, 0) is 69.2 Å². The molecule has 1 N–H and O–H groups in total. The van der Waals surface area contributed by atoms with E-state index in [9.17, 15) is 10.1 Å². The number of benzene rings is 1. The smallest absolute Gasteiger partial charge is 0.235 e. The highest BCUT2D eigenvalue weighted by molar-refractivity contribution is 5.79. The number of rotatable bonds is 8. The van der Waals surface area contributed by atoms with Gasteiger partial charge >= 0.3 is 0 Å². The third kappa shape index (κ3) is 4.54. The van der Waals surface area contributed by atoms with E-state index in [0.717, 1.165) is 37.3 Å². The van der Waals surface area contributed by atoms with Crippen molar-refractivity contribution in [3.8, 4) is 17.6 Å². The van der Waals surface area contributed by atoms with E-state index in [-0.39, 0.29) is 5.91 Å². The number of carbonyl (C=O) groups excluding carboxylic acids is 1. The van der Waals surface area contributed by atoms with Crippen LogP contribution < -0.4 is 14.8 Å². The van der Waals surface area contributed by atoms with Crippen molar-refractivity contribution in [1.29, 1.82) is 5.26 Å². The van der Waals surface area contributed by atoms with Gasteiger partial charge in [0.1, 0.15) is 5.54 Å². The molecule has 1 heterocycles. The molecule has 1 amide bonds. The molecule has 6 nitrogen and oxygen atoms in total. The highest BCUT2D eigenvalue weighted by Crippen LogP contribution is 2.39. The zero-order chi connectivity index (χ0) is 19.4. The second-order valence-electron chi connectivity index (χ2n) is 7.53. The molecule has 0 aromatic heterocycles. The van der Waals surface area contributed by atoms with E-state index >= 15 is 0 Å². The van der Waals surface area contributed by atoms with Crippen LogP contribution in [0, 0.1) is 17.2 Å². The zero-order valence-corrected chi connectivity index (χ0v) is 16.5. The molecule has 0 bridgehead atoms. The summed E-state index contributed by atoms with van der Waals surface area (Å²) in [6.45, 7) is 8.75. The predicted molar refractivity (Wildman–Crippen MR) is 103 cm³/mol. The lowest BCUT2D eigenvalue weighted by atomic mass is 9.97. The van der Waals surface area contributed by atoms with E-state index in [4.69, 9.17) is 9.47 Å². The normalized spacial score (nSPS) is 18.7. The predicted octanol–water partition coefficient (Wildman–Crippen LogP) is 2.65. The number of nitriles is 1. The Balaban J connectivity index is 1.66. The SMILES string of the molecule is CCOc1cc2c(cc1OCC)CN(CC(=O)N[C@](C)(C#N)C1CC1)CC2. The molecule has 6 heteroatoms. The van der Waals surface area contributed by atoms with Gasteiger partial charge in [0.15, 0.2) is 11.5 Å². The van der Waals surface area contributed by atoms with Crippen LogP contribution in [0.25, 0.3) is 0 Å². The number of hydrogen-bond acceptors (Lipinski definition) is 5. The number of nitrogens with one attached hydrogen (secondary N) is 1. The Hall–Kier alpha value is -2.26. The van der Waals surface area contributed by atoms with E-state index in [2.05, 4.69) is 22.4 Å². The van der Waals surface area contributed by atoms with Crippen LogP contribution in [0.5, 0.6) is 11.5 Å². The summed E-state index contributed by atoms with van der Waals surface area (Å²) in [4.78, 5) is 14.6. The van der Waals surface area contributed by atoms with Crippen molar-refractivity contribution < 1.29 is 14.3 Å². The molecule has 0 radical (unpaired) electrons. The minimum Gasteiger partial charge on any atom is -0.490 e. The van der Waals surface area contributed by atoms with Crippen molar-refractivity contribution in [3.05, 3.63) is 23.3 Å². The summed E-state index contributed by atoms with van der Waals surface area (Å²) in [6.07, 6.45) is 2.90. The first-order valence-electron chi connectivity index (χ1n) is 9.85. The molecule has 1 atom stereocenters. The Morgan fingerprint density at radius 2 is 1.89 bits per heavy atom. The monoisotopic (exact) mass is 371 g/mol. The Kier molecular flexibility index (Phi) is 5.91. The number of hydrogen-bond donors (Lipinski definition) is 1. The minimum absolute atomic E-state index is 0.0784. The number of nitrogens with zero attached hydrogens (tertiary/aromatic N) is 2. The Morgan fingerprint density at radius 1 is 1.26 bits per heavy atom. The fraction of sp³-hybridized carbons (Fsp3) is 0.619. The maximum atomic E-state index is 12.5. The fourth-order valence-electron chi connectivity index (χ4n) is 3.71. The standard InChI is InChI=1S/C21H29N3O3/c1-4-26-18-10-15-8-9-24(12-16(15)11-19(18)27-5-2)13-20(25)23-21(3,14-22)17-6-7-17/h10-11,17H,4-9,12-13H2,1-3H3,(H,23,25)/t21-/m1/s1. The molecule has 0 spiro atoms. The van der Waals surface area contributed by atoms with Gasteiger partial charge in [-0.15, -0.1) is 0 Å². The molecule has 1 aliphatic carbocycles. The van der Waals surface area contributed by atoms with Gasteiger partial charge < -0.3 is 14.8 Å². The summed E-state index contributed by atoms with van der Waals surface area (Å²) in [5.74, 6) is 1.76. The molecule has 1 saturated carbocycles. The molecule has 1 aromatic rings. The maximum absolute atomic E-state index is 12.5. The second-order valence-corrected chi connectivity index (χ2v) is 7.53. The lowest BCUT2D eigenvalue weighted by Crippen LogP contribution is -2.50. The topological polar surface area (TPSA) is 74.6 Å². The van der Waals surface area contributed by atoms with Crippen LogP contribution >= 0.6 is 0 Å². The van der Waals surface area contributed by atoms with Gasteiger partial charge in [-0.25, -0.2) is 0 Å². The van der Waals surface area contributed by atoms with Gasteiger partial charge in [-0.3, -0.25) is 9.69 Å². The first-order valence-corrected chi connectivity index (χ1v) is 9.85. The molecule has 0 unspecified atom stereocenters. The van der Waals surface area contributed by atoms with Crippen LogP contribution in [0.4, 0.5) is 0 Å². The number of fused-ring (bicyclic) bond motifs is 1. The van der Waals surface area contributed by atoms with Gasteiger partial charge in [0, 0.05) is 13.1 Å². The van der Waals surface area contributed by atoms with Crippen LogP contribution in [-0.2, 0) is 17.8 Å². The van der Waals surface area contributed by atoms with Crippen LogP contribution in [0.15, 0.2) is 12.1 Å². The first-order chi connectivity index (χ1) is 13.0. The summed E-state index contributed by atoms with van der Waals surface area (Å²) in [6, 6.07) is 6.39. The second kappa shape index (κ2) is 8.18. The van der Waals surface area contributed by atoms with Crippen LogP contribution in [0.1, 0.15) is 44.7 Å². The fourth-order valence-corrected chi connectivity index (χ4v) is 3.71. The summed E-state index contributed by atoms with van der Waals surface area (Å²) >= 11 is 0. The van der Waals surface area contributed by atoms with Crippen LogP contribution in [0.2, 0.25) is 0 Å². The Labute approximate surface area is 161 Å². The van der Waals surface area contributed by atoms with E-state index in [1.165, 1.54) is 11.1 Å². The van der Waals surface area contributed by atoms with E-state index in [1.807, 2.05) is 26.8 Å². The van der Waals surface area contributed by atoms with Crippen molar-refractivity contribution in [3.63, 3.8) is 0 Å². The third-order valence-electron chi connectivity index (χ3n) is 5.35. The van der Waals surface area contributed by atoms with Gasteiger partial charge in [0.25, 0.3) is 0 Å². The summed E-state index contributed by atoms with van der Waals surface area (Å²) < 4.78 is 11.4. The van der Waals surface area contributed by atoms with Crippen molar-refractivity contribution >= 4 is 5.91 Å². The quantitative estimate of drug-likeness (QED) is 0.760. The maximum Gasteiger partial charge on any atom is 0.235 e. The van der Waals surface area contributed by atoms with Gasteiger partial charge in [0.05, 0.1) is 25.8 Å². The molecule has 27 heavy (non-hydrogen) atoms. The number of ether oxygens (including phenoxy) is 2. The first kappa shape index (κ1) is 19.5. The minimum atomic E-state index is -0.737. The van der Waals surface area contributed by atoms with Gasteiger partial charge in [-0.1, -0.05) is 0 Å². The molecule has 1 aliphatic heterocycles. The zero-order valence-electron chi connectivity index (χ0n) is 16.5. The van der Waals surface area contributed by atoms with Gasteiger partial charge in [0.2, 0.25) is 5.91 Å². The molecule has 1 fully saturated rings. The average molecular weight is 371 g/mol. The van der Waals surface area contributed by atoms with E-state index < -0.39 is 5.54 Å². The summed E-state index contributed by atoms with van der Waals surface area (Å²) in [5, 5.41) is 12.4. The number of carbonyl (C=O) groups is 1. The summed E-state index contributed by atoms with van der Waals surface area (Å²) in [7, 11) is 0. The van der Waals surface area contributed by atoms with Crippen molar-refractivity contribution in [2.45, 2.75) is 52.1 Å². The van der Waals surface area contributed by atoms with Gasteiger partial charge in [-0.2, -0.15) is 5.26 Å². The molecule has 1 aromatic carbocycles. The van der Waals surface area contributed by atoms with Crippen LogP contribution in [-0.4, -0.2) is 42.6 Å². The third-order valence-corrected chi connectivity index (χ3v) is 5.35. The number of amides is 1. The average Bonchev–Trinajstić information content (AvgIpc) is 3.48. The molecule has 146 valence electrons. The van der Waals surface area contributed by atoms with E-state index in [0.29, 0.717) is 32.2 Å². The Morgan fingerprint density at radius 3 is 2.44 bits per heavy atom. The highest BCUT2D eigenvalue weighted by atomic mass is 16.5. The van der Waals surface area contributed by atoms with E-state index in [1.54, 1.807) is 0 Å². The lowest BCUT2D eigenvalue weighted by molar-refractivity contribution is -0.123. The van der Waals surface area contributed by atoms with Crippen molar-refractivity contribution in [2.24, 2.45) is 5.92 Å². The van der Waals surface area contributed by atoms with Crippen molar-refractivity contribution in [2.75, 3.05) is 26.3 Å². The summed E-state index contributed by atoms with van der Waals surface area (Å²) in [5.41, 5.74) is 1.68. The largest absolute Gasteiger partial charge is 0.490 e. The van der Waals surface area contributed by atoms with Crippen molar-refractivity contribution in [1.82, 2.24) is 10.2 Å². The molecule has 2 aliphatic rings. The molecule has 3 rings (SSSR count). The molecular formula is C21H29N3O3. The Bertz CT molecular complexity index is 739. The molecular weight excluding hydrogens is 342 g/mol. The molecule has 0 saturated heterocycles. The lowest BCUT2D eigenvalue weighted by Gasteiger charge is -2.30. The highest BCUT2D eigenvalue weighted by Gasteiger charge is 2.43.